The van der Waals surface area contributed by atoms with Crippen LogP contribution in [0, 0.1) is 11.8 Å². The van der Waals surface area contributed by atoms with Gasteiger partial charge in [-0.25, -0.2) is 0 Å². The van der Waals surface area contributed by atoms with Gasteiger partial charge in [-0.1, -0.05) is 12.8 Å². The van der Waals surface area contributed by atoms with Gasteiger partial charge in [0.1, 0.15) is 0 Å². The molecule has 23 heavy (non-hydrogen) atoms. The summed E-state index contributed by atoms with van der Waals surface area (Å²) in [5.41, 5.74) is 0. The van der Waals surface area contributed by atoms with Gasteiger partial charge in [-0.15, -0.1) is 12.4 Å². The first-order chi connectivity index (χ1) is 10.7. The van der Waals surface area contributed by atoms with Gasteiger partial charge in [0.15, 0.2) is 0 Å². The molecule has 2 saturated carbocycles. The van der Waals surface area contributed by atoms with Crippen molar-refractivity contribution < 1.29 is 9.59 Å². The molecule has 1 saturated heterocycles. The average molecular weight is 344 g/mol. The van der Waals surface area contributed by atoms with Crippen molar-refractivity contribution in [3.63, 3.8) is 0 Å². The van der Waals surface area contributed by atoms with Gasteiger partial charge >= 0.3 is 0 Å². The summed E-state index contributed by atoms with van der Waals surface area (Å²) in [6.45, 7) is 1.91. The second-order valence-corrected chi connectivity index (χ2v) is 7.24. The minimum atomic E-state index is 0. The Morgan fingerprint density at radius 2 is 1.30 bits per heavy atom. The molecule has 6 heteroatoms. The molecular weight excluding hydrogens is 314 g/mol. The summed E-state index contributed by atoms with van der Waals surface area (Å²) in [6, 6.07) is 0.595. The number of carbonyl (C=O) groups is 2. The van der Waals surface area contributed by atoms with Gasteiger partial charge in [0, 0.05) is 30.5 Å². The summed E-state index contributed by atoms with van der Waals surface area (Å²) >= 11 is 0. The Kier molecular flexibility index (Phi) is 7.15. The maximum atomic E-state index is 12.3. The summed E-state index contributed by atoms with van der Waals surface area (Å²) < 4.78 is 0. The number of hydrogen-bond donors (Lipinski definition) is 3. The second-order valence-electron chi connectivity index (χ2n) is 7.24. The summed E-state index contributed by atoms with van der Waals surface area (Å²) in [4.78, 5) is 24.4. The van der Waals surface area contributed by atoms with Gasteiger partial charge in [-0.3, -0.25) is 9.59 Å². The van der Waals surface area contributed by atoms with Crippen LogP contribution in [0.5, 0.6) is 0 Å². The lowest BCUT2D eigenvalue weighted by Gasteiger charge is -2.29. The van der Waals surface area contributed by atoms with E-state index in [0.717, 1.165) is 58.0 Å². The lowest BCUT2D eigenvalue weighted by molar-refractivity contribution is -0.127. The standard InChI is InChI=1S/C17H29N3O2.ClH/c21-16(12-3-1-2-4-12)19-14-7-5-13(6-8-14)17(22)20-15-9-10-18-11-15;/h12-15,18H,1-11H2,(H,19,21)(H,20,22);1H. The Morgan fingerprint density at radius 3 is 1.87 bits per heavy atom. The molecule has 0 radical (unpaired) electrons. The molecule has 0 bridgehead atoms. The van der Waals surface area contributed by atoms with Crippen LogP contribution in [0.15, 0.2) is 0 Å². The average Bonchev–Trinajstić information content (AvgIpc) is 3.21. The molecule has 1 unspecified atom stereocenters. The molecule has 2 amide bonds. The molecule has 3 aliphatic rings. The third-order valence-corrected chi connectivity index (χ3v) is 5.58. The Bertz CT molecular complexity index is 399. The van der Waals surface area contributed by atoms with Crippen LogP contribution in [-0.2, 0) is 9.59 Å². The van der Waals surface area contributed by atoms with Crippen LogP contribution >= 0.6 is 12.4 Å². The van der Waals surface area contributed by atoms with E-state index in [9.17, 15) is 9.59 Å². The fourth-order valence-corrected chi connectivity index (χ4v) is 4.10. The Balaban J connectivity index is 0.00000192. The Hall–Kier alpha value is -0.810. The van der Waals surface area contributed by atoms with Crippen molar-refractivity contribution in [1.82, 2.24) is 16.0 Å². The molecule has 3 fully saturated rings. The molecule has 0 spiro atoms. The summed E-state index contributed by atoms with van der Waals surface area (Å²) in [7, 11) is 0. The highest BCUT2D eigenvalue weighted by Crippen LogP contribution is 2.28. The minimum Gasteiger partial charge on any atom is -0.353 e. The molecule has 5 nitrogen and oxygen atoms in total. The predicted molar refractivity (Wildman–Crippen MR) is 92.5 cm³/mol. The summed E-state index contributed by atoms with van der Waals surface area (Å²) in [5.74, 6) is 0.854. The molecule has 1 atom stereocenters. The number of hydrogen-bond acceptors (Lipinski definition) is 3. The molecule has 3 N–H and O–H groups in total. The fraction of sp³-hybridized carbons (Fsp3) is 0.882. The lowest BCUT2D eigenvalue weighted by atomic mass is 9.85. The highest BCUT2D eigenvalue weighted by molar-refractivity contribution is 5.85. The zero-order chi connectivity index (χ0) is 15.4. The maximum Gasteiger partial charge on any atom is 0.223 e. The van der Waals surface area contributed by atoms with Gasteiger partial charge in [0.25, 0.3) is 0 Å². The van der Waals surface area contributed by atoms with Crippen LogP contribution in [0.25, 0.3) is 0 Å². The van der Waals surface area contributed by atoms with Crippen molar-refractivity contribution >= 4 is 24.2 Å². The molecular formula is C17H30ClN3O2. The quantitative estimate of drug-likeness (QED) is 0.728. The predicted octanol–water partition coefficient (Wildman–Crippen LogP) is 1.75. The van der Waals surface area contributed by atoms with Gasteiger partial charge in [0.2, 0.25) is 11.8 Å². The normalized spacial score (nSPS) is 31.4. The van der Waals surface area contributed by atoms with Crippen LogP contribution in [-0.4, -0.2) is 37.0 Å². The summed E-state index contributed by atoms with van der Waals surface area (Å²) in [5, 5.41) is 9.65. The molecule has 2 aliphatic carbocycles. The second kappa shape index (κ2) is 8.88. The van der Waals surface area contributed by atoms with Gasteiger partial charge in [0.05, 0.1) is 0 Å². The van der Waals surface area contributed by atoms with Crippen molar-refractivity contribution in [2.45, 2.75) is 69.9 Å². The first kappa shape index (κ1) is 18.5. The third kappa shape index (κ3) is 5.08. The van der Waals surface area contributed by atoms with E-state index in [0.29, 0.717) is 6.04 Å². The first-order valence-electron chi connectivity index (χ1n) is 9.04. The number of carbonyl (C=O) groups excluding carboxylic acids is 2. The number of nitrogens with one attached hydrogen (secondary N) is 3. The van der Waals surface area contributed by atoms with Crippen LogP contribution in [0.4, 0.5) is 0 Å². The molecule has 3 rings (SSSR count). The number of rotatable bonds is 4. The third-order valence-electron chi connectivity index (χ3n) is 5.58. The van der Waals surface area contributed by atoms with Crippen molar-refractivity contribution in [1.29, 1.82) is 0 Å². The topological polar surface area (TPSA) is 70.2 Å². The zero-order valence-electron chi connectivity index (χ0n) is 13.8. The van der Waals surface area contributed by atoms with Crippen molar-refractivity contribution in [2.75, 3.05) is 13.1 Å². The van der Waals surface area contributed by atoms with E-state index in [-0.39, 0.29) is 42.1 Å². The molecule has 0 aromatic heterocycles. The maximum absolute atomic E-state index is 12.3. The van der Waals surface area contributed by atoms with Gasteiger partial charge in [-0.05, 0) is 51.5 Å². The SMILES string of the molecule is Cl.O=C(NC1CCC(C(=O)NC2CCNC2)CC1)C1CCCC1. The van der Waals surface area contributed by atoms with Crippen molar-refractivity contribution in [3.05, 3.63) is 0 Å². The van der Waals surface area contributed by atoms with Gasteiger partial charge in [-0.2, -0.15) is 0 Å². The Morgan fingerprint density at radius 1 is 0.739 bits per heavy atom. The molecule has 0 aromatic carbocycles. The fourth-order valence-electron chi connectivity index (χ4n) is 4.10. The van der Waals surface area contributed by atoms with E-state index in [2.05, 4.69) is 16.0 Å². The van der Waals surface area contributed by atoms with Crippen LogP contribution < -0.4 is 16.0 Å². The highest BCUT2D eigenvalue weighted by Gasteiger charge is 2.30. The molecule has 132 valence electrons. The van der Waals surface area contributed by atoms with E-state index >= 15 is 0 Å². The molecule has 1 aliphatic heterocycles. The monoisotopic (exact) mass is 343 g/mol. The van der Waals surface area contributed by atoms with Crippen molar-refractivity contribution in [2.24, 2.45) is 11.8 Å². The molecule has 1 heterocycles. The van der Waals surface area contributed by atoms with Crippen molar-refractivity contribution in [3.8, 4) is 0 Å². The van der Waals surface area contributed by atoms with Crippen LogP contribution in [0.2, 0.25) is 0 Å². The van der Waals surface area contributed by atoms with E-state index in [1.165, 1.54) is 12.8 Å². The minimum absolute atomic E-state index is 0. The Labute approximate surface area is 145 Å². The number of amides is 2. The number of halogens is 1. The zero-order valence-corrected chi connectivity index (χ0v) is 14.6. The van der Waals surface area contributed by atoms with E-state index in [4.69, 9.17) is 0 Å². The lowest BCUT2D eigenvalue weighted by Crippen LogP contribution is -2.44. The van der Waals surface area contributed by atoms with Crippen LogP contribution in [0.3, 0.4) is 0 Å². The van der Waals surface area contributed by atoms with E-state index in [1.807, 2.05) is 0 Å². The van der Waals surface area contributed by atoms with Crippen LogP contribution in [0.1, 0.15) is 57.8 Å². The molecule has 0 aromatic rings. The highest BCUT2D eigenvalue weighted by atomic mass is 35.5. The largest absolute Gasteiger partial charge is 0.353 e. The van der Waals surface area contributed by atoms with E-state index < -0.39 is 0 Å². The first-order valence-corrected chi connectivity index (χ1v) is 9.04. The smallest absolute Gasteiger partial charge is 0.223 e. The van der Waals surface area contributed by atoms with Gasteiger partial charge < -0.3 is 16.0 Å². The van der Waals surface area contributed by atoms with E-state index in [1.54, 1.807) is 0 Å². The summed E-state index contributed by atoms with van der Waals surface area (Å²) in [6.07, 6.45) is 9.24.